The third-order valence-corrected chi connectivity index (χ3v) is 2.28. The number of fused-ring (bicyclic) bond motifs is 1. The van der Waals surface area contributed by atoms with Crippen molar-refractivity contribution in [1.29, 1.82) is 0 Å². The first kappa shape index (κ1) is 10.2. The second kappa shape index (κ2) is 4.49. The molecule has 0 bridgehead atoms. The molecule has 1 aliphatic heterocycles. The van der Waals surface area contributed by atoms with E-state index in [0.29, 0.717) is 18.1 Å². The molecule has 0 fully saturated rings. The molecule has 0 unspecified atom stereocenters. The zero-order valence-electron chi connectivity index (χ0n) is 8.33. The predicted molar refractivity (Wildman–Crippen MR) is 52.8 cm³/mol. The average Bonchev–Trinajstić information content (AvgIpc) is 2.25. The molecule has 1 N–H and O–H groups in total. The topological polar surface area (TPSA) is 38.7 Å². The first-order chi connectivity index (χ1) is 7.31. The van der Waals surface area contributed by atoms with Crippen LogP contribution in [-0.4, -0.2) is 24.9 Å². The van der Waals surface area contributed by atoms with Crippen LogP contribution in [0.2, 0.25) is 0 Å². The number of hydrogen-bond acceptors (Lipinski definition) is 3. The molecule has 0 radical (unpaired) electrons. The fraction of sp³-hybridized carbons (Fsp3) is 0.455. The molecule has 0 aromatic heterocycles. The van der Waals surface area contributed by atoms with E-state index >= 15 is 0 Å². The number of aliphatic hydroxyl groups excluding tert-OH is 1. The van der Waals surface area contributed by atoms with E-state index in [4.69, 9.17) is 14.6 Å². The van der Waals surface area contributed by atoms with Gasteiger partial charge in [-0.2, -0.15) is 0 Å². The molecule has 2 rings (SSSR count). The van der Waals surface area contributed by atoms with E-state index < -0.39 is 0 Å². The standard InChI is InChI=1S/C11H13FO3/c12-9-6-8-2-1-4-15-11(8)10(7-9)14-5-3-13/h6-7,13H,1-5H2. The van der Waals surface area contributed by atoms with E-state index in [0.717, 1.165) is 18.4 Å². The maximum atomic E-state index is 13.2. The molecule has 0 aliphatic carbocycles. The van der Waals surface area contributed by atoms with Crippen LogP contribution < -0.4 is 9.47 Å². The summed E-state index contributed by atoms with van der Waals surface area (Å²) in [6, 6.07) is 2.76. The number of aliphatic hydroxyl groups is 1. The van der Waals surface area contributed by atoms with Crippen LogP contribution in [0.25, 0.3) is 0 Å². The highest BCUT2D eigenvalue weighted by Gasteiger charge is 2.17. The number of ether oxygens (including phenoxy) is 2. The minimum absolute atomic E-state index is 0.0920. The normalized spacial score (nSPS) is 14.3. The molecule has 1 aromatic carbocycles. The molecule has 0 amide bonds. The highest BCUT2D eigenvalue weighted by atomic mass is 19.1. The molecule has 1 heterocycles. The summed E-state index contributed by atoms with van der Waals surface area (Å²) in [6.45, 7) is 0.693. The Balaban J connectivity index is 2.30. The van der Waals surface area contributed by atoms with Gasteiger partial charge in [0.1, 0.15) is 12.4 Å². The summed E-state index contributed by atoms with van der Waals surface area (Å²) in [5.41, 5.74) is 0.842. The van der Waals surface area contributed by atoms with Crippen LogP contribution in [0.15, 0.2) is 12.1 Å². The van der Waals surface area contributed by atoms with Gasteiger partial charge in [0.05, 0.1) is 13.2 Å². The van der Waals surface area contributed by atoms with Crippen molar-refractivity contribution in [1.82, 2.24) is 0 Å². The Morgan fingerprint density at radius 1 is 1.47 bits per heavy atom. The number of aryl methyl sites for hydroxylation is 1. The monoisotopic (exact) mass is 212 g/mol. The maximum Gasteiger partial charge on any atom is 0.164 e. The summed E-state index contributed by atoms with van der Waals surface area (Å²) in [7, 11) is 0. The van der Waals surface area contributed by atoms with E-state index in [1.807, 2.05) is 0 Å². The second-order valence-corrected chi connectivity index (χ2v) is 3.42. The molecule has 1 aromatic rings. The van der Waals surface area contributed by atoms with Crippen LogP contribution in [-0.2, 0) is 6.42 Å². The molecule has 3 nitrogen and oxygen atoms in total. The van der Waals surface area contributed by atoms with Crippen LogP contribution in [0.1, 0.15) is 12.0 Å². The quantitative estimate of drug-likeness (QED) is 0.825. The van der Waals surface area contributed by atoms with Crippen molar-refractivity contribution in [3.8, 4) is 11.5 Å². The van der Waals surface area contributed by atoms with E-state index in [9.17, 15) is 4.39 Å². The number of benzene rings is 1. The Hall–Kier alpha value is -1.29. The Morgan fingerprint density at radius 2 is 2.33 bits per heavy atom. The van der Waals surface area contributed by atoms with Crippen molar-refractivity contribution < 1.29 is 19.0 Å². The van der Waals surface area contributed by atoms with Crippen LogP contribution in [0.3, 0.4) is 0 Å². The molecule has 15 heavy (non-hydrogen) atoms. The lowest BCUT2D eigenvalue weighted by Gasteiger charge is -2.20. The number of rotatable bonds is 3. The van der Waals surface area contributed by atoms with Crippen LogP contribution in [0.4, 0.5) is 4.39 Å². The van der Waals surface area contributed by atoms with Gasteiger partial charge in [0.15, 0.2) is 11.5 Å². The minimum Gasteiger partial charge on any atom is -0.489 e. The third-order valence-electron chi connectivity index (χ3n) is 2.28. The highest BCUT2D eigenvalue weighted by Crippen LogP contribution is 2.35. The Kier molecular flexibility index (Phi) is 3.06. The van der Waals surface area contributed by atoms with Crippen LogP contribution in [0, 0.1) is 5.82 Å². The molecular weight excluding hydrogens is 199 g/mol. The van der Waals surface area contributed by atoms with E-state index in [2.05, 4.69) is 0 Å². The molecule has 82 valence electrons. The highest BCUT2D eigenvalue weighted by molar-refractivity contribution is 5.48. The average molecular weight is 212 g/mol. The van der Waals surface area contributed by atoms with Crippen molar-refractivity contribution in [2.45, 2.75) is 12.8 Å². The lowest BCUT2D eigenvalue weighted by Crippen LogP contribution is -2.11. The fourth-order valence-corrected chi connectivity index (χ4v) is 1.67. The van der Waals surface area contributed by atoms with E-state index in [1.54, 1.807) is 0 Å². The molecule has 0 saturated heterocycles. The van der Waals surface area contributed by atoms with Gasteiger partial charge in [-0.3, -0.25) is 0 Å². The zero-order chi connectivity index (χ0) is 10.7. The van der Waals surface area contributed by atoms with E-state index in [1.165, 1.54) is 12.1 Å². The maximum absolute atomic E-state index is 13.2. The van der Waals surface area contributed by atoms with Crippen molar-refractivity contribution in [2.75, 3.05) is 19.8 Å². The van der Waals surface area contributed by atoms with Crippen molar-refractivity contribution >= 4 is 0 Å². The summed E-state index contributed by atoms with van der Waals surface area (Å²) in [6.07, 6.45) is 1.71. The smallest absolute Gasteiger partial charge is 0.164 e. The predicted octanol–water partition coefficient (Wildman–Crippen LogP) is 1.52. The molecule has 0 atom stereocenters. The van der Waals surface area contributed by atoms with Gasteiger partial charge in [-0.25, -0.2) is 4.39 Å². The summed E-state index contributed by atoms with van der Waals surface area (Å²) in [5.74, 6) is 0.682. The molecule has 0 spiro atoms. The summed E-state index contributed by atoms with van der Waals surface area (Å²) < 4.78 is 23.8. The summed E-state index contributed by atoms with van der Waals surface area (Å²) in [5, 5.41) is 8.64. The van der Waals surface area contributed by atoms with Gasteiger partial charge in [-0.05, 0) is 18.9 Å². The fourth-order valence-electron chi connectivity index (χ4n) is 1.67. The Morgan fingerprint density at radius 3 is 3.13 bits per heavy atom. The number of hydrogen-bond donors (Lipinski definition) is 1. The molecular formula is C11H13FO3. The van der Waals surface area contributed by atoms with Gasteiger partial charge < -0.3 is 14.6 Å². The van der Waals surface area contributed by atoms with Gasteiger partial charge >= 0.3 is 0 Å². The summed E-state index contributed by atoms with van der Waals surface area (Å²) in [4.78, 5) is 0. The first-order valence-corrected chi connectivity index (χ1v) is 5.00. The van der Waals surface area contributed by atoms with Gasteiger partial charge in [-0.1, -0.05) is 0 Å². The van der Waals surface area contributed by atoms with E-state index in [-0.39, 0.29) is 19.0 Å². The Bertz CT molecular complexity index is 352. The summed E-state index contributed by atoms with van der Waals surface area (Å²) >= 11 is 0. The van der Waals surface area contributed by atoms with Crippen molar-refractivity contribution in [3.63, 3.8) is 0 Å². The SMILES string of the molecule is OCCOc1cc(F)cc2c1OCCC2. The molecule has 1 aliphatic rings. The van der Waals surface area contributed by atoms with Crippen LogP contribution >= 0.6 is 0 Å². The van der Waals surface area contributed by atoms with Gasteiger partial charge in [0.2, 0.25) is 0 Å². The molecule has 4 heteroatoms. The Labute approximate surface area is 87.4 Å². The van der Waals surface area contributed by atoms with Gasteiger partial charge in [0.25, 0.3) is 0 Å². The molecule has 0 saturated carbocycles. The largest absolute Gasteiger partial charge is 0.489 e. The minimum atomic E-state index is -0.327. The lowest BCUT2D eigenvalue weighted by atomic mass is 10.1. The van der Waals surface area contributed by atoms with Crippen molar-refractivity contribution in [2.24, 2.45) is 0 Å². The third kappa shape index (κ3) is 2.21. The van der Waals surface area contributed by atoms with Crippen molar-refractivity contribution in [3.05, 3.63) is 23.5 Å². The van der Waals surface area contributed by atoms with Crippen LogP contribution in [0.5, 0.6) is 11.5 Å². The lowest BCUT2D eigenvalue weighted by molar-refractivity contribution is 0.190. The van der Waals surface area contributed by atoms with Gasteiger partial charge in [0, 0.05) is 11.6 Å². The first-order valence-electron chi connectivity index (χ1n) is 5.00. The number of halogens is 1. The van der Waals surface area contributed by atoms with Gasteiger partial charge in [-0.15, -0.1) is 0 Å². The zero-order valence-corrected chi connectivity index (χ0v) is 8.33. The second-order valence-electron chi connectivity index (χ2n) is 3.42.